The number of aromatic amines is 1. The standard InChI is InChI=1S/C23H31N5O4/c1-3-26(9-12-31-2)18-5-4-6-19-17(18)7-8-28(19)23(30)15-20-24-21(16-22(29)25-20)27-10-13-32-14-11-27/h4-6,16H,3,7-15H2,1-2H3,(H,24,25,29). The molecule has 1 aromatic carbocycles. The smallest absolute Gasteiger partial charge is 0.252 e. The van der Waals surface area contributed by atoms with Crippen molar-refractivity contribution in [3.05, 3.63) is 46.0 Å². The number of hydrogen-bond donors (Lipinski definition) is 1. The van der Waals surface area contributed by atoms with Gasteiger partial charge in [0.1, 0.15) is 11.6 Å². The molecule has 0 bridgehead atoms. The minimum atomic E-state index is -0.245. The third-order valence-corrected chi connectivity index (χ3v) is 6.02. The van der Waals surface area contributed by atoms with Crippen LogP contribution >= 0.6 is 0 Å². The summed E-state index contributed by atoms with van der Waals surface area (Å²) in [6.45, 7) is 7.65. The van der Waals surface area contributed by atoms with Crippen LogP contribution in [0.1, 0.15) is 18.3 Å². The average molecular weight is 442 g/mol. The fourth-order valence-corrected chi connectivity index (χ4v) is 4.39. The first-order chi connectivity index (χ1) is 15.6. The third-order valence-electron chi connectivity index (χ3n) is 6.02. The molecule has 0 aliphatic carbocycles. The van der Waals surface area contributed by atoms with E-state index in [2.05, 4.69) is 27.9 Å². The Morgan fingerprint density at radius 3 is 2.84 bits per heavy atom. The number of nitrogens with one attached hydrogen (secondary N) is 1. The number of rotatable bonds is 8. The van der Waals surface area contributed by atoms with Crippen molar-refractivity contribution >= 4 is 23.1 Å². The Bertz CT molecular complexity index is 1000. The summed E-state index contributed by atoms with van der Waals surface area (Å²) >= 11 is 0. The lowest BCUT2D eigenvalue weighted by atomic mass is 10.1. The van der Waals surface area contributed by atoms with E-state index in [0.29, 0.717) is 51.1 Å². The van der Waals surface area contributed by atoms with Gasteiger partial charge in [0.15, 0.2) is 0 Å². The largest absolute Gasteiger partial charge is 0.383 e. The molecule has 9 heteroatoms. The van der Waals surface area contributed by atoms with E-state index in [1.54, 1.807) is 7.11 Å². The molecule has 0 unspecified atom stereocenters. The molecule has 0 atom stereocenters. The average Bonchev–Trinajstić information content (AvgIpc) is 3.25. The maximum atomic E-state index is 13.2. The molecule has 0 saturated carbocycles. The Morgan fingerprint density at radius 2 is 2.09 bits per heavy atom. The fourth-order valence-electron chi connectivity index (χ4n) is 4.39. The van der Waals surface area contributed by atoms with E-state index in [0.717, 1.165) is 30.9 Å². The van der Waals surface area contributed by atoms with Crippen LogP contribution in [0, 0.1) is 0 Å². The highest BCUT2D eigenvalue weighted by atomic mass is 16.5. The number of hydrogen-bond acceptors (Lipinski definition) is 7. The number of carbonyl (C=O) groups excluding carboxylic acids is 1. The van der Waals surface area contributed by atoms with Gasteiger partial charge in [-0.05, 0) is 25.5 Å². The van der Waals surface area contributed by atoms with Crippen molar-refractivity contribution < 1.29 is 14.3 Å². The predicted molar refractivity (Wildman–Crippen MR) is 124 cm³/mol. The summed E-state index contributed by atoms with van der Waals surface area (Å²) in [5.74, 6) is 0.924. The van der Waals surface area contributed by atoms with E-state index in [9.17, 15) is 9.59 Å². The van der Waals surface area contributed by atoms with Crippen LogP contribution in [-0.4, -0.2) is 75.5 Å². The summed E-state index contributed by atoms with van der Waals surface area (Å²) in [6, 6.07) is 7.58. The molecule has 1 aromatic heterocycles. The van der Waals surface area contributed by atoms with Gasteiger partial charge in [-0.15, -0.1) is 0 Å². The summed E-state index contributed by atoms with van der Waals surface area (Å²) < 4.78 is 10.6. The van der Waals surface area contributed by atoms with E-state index in [4.69, 9.17) is 9.47 Å². The zero-order chi connectivity index (χ0) is 22.5. The van der Waals surface area contributed by atoms with E-state index in [1.165, 1.54) is 11.6 Å². The zero-order valence-corrected chi connectivity index (χ0v) is 18.8. The quantitative estimate of drug-likeness (QED) is 0.658. The first kappa shape index (κ1) is 22.3. The molecule has 32 heavy (non-hydrogen) atoms. The van der Waals surface area contributed by atoms with E-state index >= 15 is 0 Å². The number of nitrogens with zero attached hydrogens (tertiary/aromatic N) is 4. The molecule has 1 fully saturated rings. The summed E-state index contributed by atoms with van der Waals surface area (Å²) in [7, 11) is 1.70. The van der Waals surface area contributed by atoms with Gasteiger partial charge in [-0.2, -0.15) is 0 Å². The highest BCUT2D eigenvalue weighted by molar-refractivity contribution is 5.97. The Kier molecular flexibility index (Phi) is 7.06. The van der Waals surface area contributed by atoms with Crippen LogP contribution in [0.3, 0.4) is 0 Å². The predicted octanol–water partition coefficient (Wildman–Crippen LogP) is 1.21. The molecule has 1 amide bonds. The van der Waals surface area contributed by atoms with Crippen molar-refractivity contribution in [2.24, 2.45) is 0 Å². The molecule has 1 N–H and O–H groups in total. The number of fused-ring (bicyclic) bond motifs is 1. The van der Waals surface area contributed by atoms with Crippen molar-refractivity contribution in [3.63, 3.8) is 0 Å². The second-order valence-electron chi connectivity index (χ2n) is 7.97. The number of aromatic nitrogens is 2. The summed E-state index contributed by atoms with van der Waals surface area (Å²) in [5.41, 5.74) is 3.03. The first-order valence-corrected chi connectivity index (χ1v) is 11.2. The molecule has 1 saturated heterocycles. The normalized spacial score (nSPS) is 15.7. The fraction of sp³-hybridized carbons (Fsp3) is 0.522. The van der Waals surface area contributed by atoms with E-state index < -0.39 is 0 Å². The lowest BCUT2D eigenvalue weighted by Crippen LogP contribution is -2.38. The molecular formula is C23H31N5O4. The van der Waals surface area contributed by atoms with Gasteiger partial charge in [0.25, 0.3) is 5.56 Å². The Labute approximate surface area is 187 Å². The van der Waals surface area contributed by atoms with Crippen LogP contribution in [0.4, 0.5) is 17.2 Å². The maximum absolute atomic E-state index is 13.2. The van der Waals surface area contributed by atoms with Crippen molar-refractivity contribution in [3.8, 4) is 0 Å². The van der Waals surface area contributed by atoms with Gasteiger partial charge >= 0.3 is 0 Å². The number of likely N-dealkylation sites (N-methyl/N-ethyl adjacent to an activating group) is 1. The molecule has 0 radical (unpaired) electrons. The molecule has 3 heterocycles. The van der Waals surface area contributed by atoms with E-state index in [1.807, 2.05) is 21.9 Å². The second-order valence-corrected chi connectivity index (χ2v) is 7.97. The number of benzene rings is 1. The number of ether oxygens (including phenoxy) is 2. The van der Waals surface area contributed by atoms with Crippen LogP contribution in [0.2, 0.25) is 0 Å². The van der Waals surface area contributed by atoms with Crippen LogP contribution in [0.25, 0.3) is 0 Å². The second kappa shape index (κ2) is 10.1. The number of H-pyrrole nitrogens is 1. The van der Waals surface area contributed by atoms with Gasteiger partial charge < -0.3 is 29.2 Å². The number of carbonyl (C=O) groups is 1. The monoisotopic (exact) mass is 441 g/mol. The molecule has 2 aliphatic heterocycles. The lowest BCUT2D eigenvalue weighted by Gasteiger charge is -2.27. The number of anilines is 3. The highest BCUT2D eigenvalue weighted by Gasteiger charge is 2.28. The maximum Gasteiger partial charge on any atom is 0.252 e. The molecule has 4 rings (SSSR count). The molecule has 9 nitrogen and oxygen atoms in total. The van der Waals surface area contributed by atoms with Gasteiger partial charge in [-0.25, -0.2) is 4.98 Å². The van der Waals surface area contributed by atoms with Crippen molar-refractivity contribution in [1.82, 2.24) is 9.97 Å². The summed E-state index contributed by atoms with van der Waals surface area (Å²) in [4.78, 5) is 38.8. The minimum Gasteiger partial charge on any atom is -0.383 e. The Morgan fingerprint density at radius 1 is 1.28 bits per heavy atom. The van der Waals surface area contributed by atoms with Crippen LogP contribution in [-0.2, 0) is 27.1 Å². The van der Waals surface area contributed by atoms with E-state index in [-0.39, 0.29) is 17.9 Å². The number of morpholine rings is 1. The van der Waals surface area contributed by atoms with Gasteiger partial charge in [-0.3, -0.25) is 9.59 Å². The summed E-state index contributed by atoms with van der Waals surface area (Å²) in [6.07, 6.45) is 0.858. The van der Waals surface area contributed by atoms with Crippen molar-refractivity contribution in [1.29, 1.82) is 0 Å². The van der Waals surface area contributed by atoms with Crippen LogP contribution < -0.4 is 20.3 Å². The van der Waals surface area contributed by atoms with Crippen molar-refractivity contribution in [2.75, 3.05) is 74.4 Å². The van der Waals surface area contributed by atoms with Gasteiger partial charge in [-0.1, -0.05) is 6.07 Å². The topological polar surface area (TPSA) is 91.0 Å². The molecule has 0 spiro atoms. The van der Waals surface area contributed by atoms with Gasteiger partial charge in [0.2, 0.25) is 5.91 Å². The zero-order valence-electron chi connectivity index (χ0n) is 18.8. The van der Waals surface area contributed by atoms with Gasteiger partial charge in [0, 0.05) is 62.8 Å². The minimum absolute atomic E-state index is 0.0538. The lowest BCUT2D eigenvalue weighted by molar-refractivity contribution is -0.118. The summed E-state index contributed by atoms with van der Waals surface area (Å²) in [5, 5.41) is 0. The first-order valence-electron chi connectivity index (χ1n) is 11.2. The Balaban J connectivity index is 1.52. The molecule has 172 valence electrons. The molecule has 2 aliphatic rings. The molecule has 2 aromatic rings. The SMILES string of the molecule is CCN(CCOC)c1cccc2c1CCN2C(=O)Cc1nc(N2CCOCC2)cc(=O)[nH]1. The van der Waals surface area contributed by atoms with Gasteiger partial charge in [0.05, 0.1) is 26.2 Å². The Hall–Kier alpha value is -2.91. The number of methoxy groups -OCH3 is 1. The highest BCUT2D eigenvalue weighted by Crippen LogP contribution is 2.35. The third kappa shape index (κ3) is 4.78. The van der Waals surface area contributed by atoms with Crippen molar-refractivity contribution in [2.45, 2.75) is 19.8 Å². The van der Waals surface area contributed by atoms with Crippen LogP contribution in [0.15, 0.2) is 29.1 Å². The molecular weight excluding hydrogens is 410 g/mol. The van der Waals surface area contributed by atoms with Crippen LogP contribution in [0.5, 0.6) is 0 Å². The number of amides is 1.